The topological polar surface area (TPSA) is 40.7 Å². The Balaban J connectivity index is 1.95. The molecule has 3 rings (SSSR count). The maximum absolute atomic E-state index is 14.0. The van der Waals surface area contributed by atoms with Crippen LogP contribution in [0, 0.1) is 18.6 Å². The molecule has 0 spiro atoms. The van der Waals surface area contributed by atoms with Crippen LogP contribution in [-0.2, 0) is 0 Å². The van der Waals surface area contributed by atoms with Crippen molar-refractivity contribution in [1.29, 1.82) is 0 Å². The van der Waals surface area contributed by atoms with E-state index in [-0.39, 0.29) is 6.04 Å². The van der Waals surface area contributed by atoms with Crippen LogP contribution in [0.4, 0.5) is 14.5 Å². The van der Waals surface area contributed by atoms with Crippen LogP contribution in [0.5, 0.6) is 0 Å². The SMILES string of the molecule is Cc1cc(F)c(C(C)Nc2cccc3cn[nH]c23)cc1F. The van der Waals surface area contributed by atoms with E-state index in [1.54, 1.807) is 20.0 Å². The summed E-state index contributed by atoms with van der Waals surface area (Å²) in [7, 11) is 0. The number of para-hydroxylation sites is 1. The van der Waals surface area contributed by atoms with Crippen LogP contribution in [0.1, 0.15) is 24.1 Å². The minimum Gasteiger partial charge on any atom is -0.377 e. The zero-order valence-electron chi connectivity index (χ0n) is 11.7. The van der Waals surface area contributed by atoms with Crippen LogP contribution >= 0.6 is 0 Å². The number of rotatable bonds is 3. The standard InChI is InChI=1S/C16H15F2N3/c1-9-6-14(18)12(7-13(9)17)10(2)20-15-5-3-4-11-8-19-21-16(11)15/h3-8,10,20H,1-2H3,(H,19,21). The van der Waals surface area contributed by atoms with Crippen molar-refractivity contribution in [1.82, 2.24) is 10.2 Å². The molecule has 1 heterocycles. The molecule has 0 bridgehead atoms. The molecule has 5 heteroatoms. The first-order valence-corrected chi connectivity index (χ1v) is 6.70. The smallest absolute Gasteiger partial charge is 0.128 e. The fourth-order valence-corrected chi connectivity index (χ4v) is 2.39. The molecule has 0 fully saturated rings. The maximum atomic E-state index is 14.0. The Morgan fingerprint density at radius 1 is 1.19 bits per heavy atom. The Kier molecular flexibility index (Phi) is 3.33. The van der Waals surface area contributed by atoms with Gasteiger partial charge in [-0.05, 0) is 37.6 Å². The van der Waals surface area contributed by atoms with Crippen molar-refractivity contribution in [2.75, 3.05) is 5.32 Å². The lowest BCUT2D eigenvalue weighted by Crippen LogP contribution is -2.10. The zero-order chi connectivity index (χ0) is 15.0. The van der Waals surface area contributed by atoms with Crippen molar-refractivity contribution in [2.24, 2.45) is 0 Å². The molecule has 0 aliphatic rings. The number of aromatic nitrogens is 2. The number of nitrogens with zero attached hydrogens (tertiary/aromatic N) is 1. The van der Waals surface area contributed by atoms with Gasteiger partial charge < -0.3 is 5.32 Å². The molecule has 1 atom stereocenters. The largest absolute Gasteiger partial charge is 0.377 e. The van der Waals surface area contributed by atoms with E-state index in [1.807, 2.05) is 18.2 Å². The van der Waals surface area contributed by atoms with Crippen LogP contribution in [0.3, 0.4) is 0 Å². The second-order valence-electron chi connectivity index (χ2n) is 5.13. The average Bonchev–Trinajstić information content (AvgIpc) is 2.92. The number of hydrogen-bond donors (Lipinski definition) is 2. The van der Waals surface area contributed by atoms with Gasteiger partial charge in [0, 0.05) is 10.9 Å². The number of fused-ring (bicyclic) bond motifs is 1. The Bertz CT molecular complexity index is 795. The highest BCUT2D eigenvalue weighted by Crippen LogP contribution is 2.27. The molecule has 1 unspecified atom stereocenters. The lowest BCUT2D eigenvalue weighted by Gasteiger charge is -2.17. The monoisotopic (exact) mass is 287 g/mol. The van der Waals surface area contributed by atoms with Crippen molar-refractivity contribution in [2.45, 2.75) is 19.9 Å². The number of H-pyrrole nitrogens is 1. The molecule has 2 aromatic carbocycles. The lowest BCUT2D eigenvalue weighted by molar-refractivity contribution is 0.571. The predicted octanol–water partition coefficient (Wildman–Crippen LogP) is 4.32. The summed E-state index contributed by atoms with van der Waals surface area (Å²) in [4.78, 5) is 0. The van der Waals surface area contributed by atoms with E-state index in [0.29, 0.717) is 11.1 Å². The predicted molar refractivity (Wildman–Crippen MR) is 79.2 cm³/mol. The molecule has 108 valence electrons. The third kappa shape index (κ3) is 2.46. The number of anilines is 1. The Labute approximate surface area is 121 Å². The molecule has 1 aromatic heterocycles. The maximum Gasteiger partial charge on any atom is 0.128 e. The van der Waals surface area contributed by atoms with Crippen molar-refractivity contribution >= 4 is 16.6 Å². The normalized spacial score (nSPS) is 12.6. The fourth-order valence-electron chi connectivity index (χ4n) is 2.39. The van der Waals surface area contributed by atoms with Crippen LogP contribution < -0.4 is 5.32 Å². The van der Waals surface area contributed by atoms with Gasteiger partial charge in [0.25, 0.3) is 0 Å². The van der Waals surface area contributed by atoms with E-state index in [9.17, 15) is 8.78 Å². The third-order valence-electron chi connectivity index (χ3n) is 3.59. The molecule has 0 saturated heterocycles. The number of halogens is 2. The van der Waals surface area contributed by atoms with Gasteiger partial charge in [0.05, 0.1) is 23.4 Å². The number of nitrogens with one attached hydrogen (secondary N) is 2. The van der Waals surface area contributed by atoms with Gasteiger partial charge in [-0.25, -0.2) is 8.78 Å². The fraction of sp³-hybridized carbons (Fsp3) is 0.188. The summed E-state index contributed by atoms with van der Waals surface area (Å²) in [6.45, 7) is 3.34. The molecular weight excluding hydrogens is 272 g/mol. The minimum absolute atomic E-state index is 0.301. The third-order valence-corrected chi connectivity index (χ3v) is 3.59. The van der Waals surface area contributed by atoms with Gasteiger partial charge in [0.1, 0.15) is 11.6 Å². The number of benzene rings is 2. The molecule has 0 amide bonds. The van der Waals surface area contributed by atoms with E-state index in [4.69, 9.17) is 0 Å². The first kappa shape index (κ1) is 13.5. The molecule has 0 radical (unpaired) electrons. The van der Waals surface area contributed by atoms with Gasteiger partial charge in [-0.2, -0.15) is 5.10 Å². The highest BCUT2D eigenvalue weighted by Gasteiger charge is 2.15. The molecule has 21 heavy (non-hydrogen) atoms. The minimum atomic E-state index is -0.411. The van der Waals surface area contributed by atoms with Gasteiger partial charge in [-0.1, -0.05) is 12.1 Å². The number of aromatic amines is 1. The second-order valence-corrected chi connectivity index (χ2v) is 5.13. The van der Waals surface area contributed by atoms with Crippen LogP contribution in [0.15, 0.2) is 36.5 Å². The molecule has 0 aliphatic carbocycles. The summed E-state index contributed by atoms with van der Waals surface area (Å²) < 4.78 is 27.7. The second kappa shape index (κ2) is 5.16. The number of aryl methyl sites for hydroxylation is 1. The molecule has 3 aromatic rings. The Morgan fingerprint density at radius 3 is 2.81 bits per heavy atom. The van der Waals surface area contributed by atoms with E-state index < -0.39 is 11.6 Å². The summed E-state index contributed by atoms with van der Waals surface area (Å²) in [5.74, 6) is -0.814. The van der Waals surface area contributed by atoms with Gasteiger partial charge in [-0.15, -0.1) is 0 Å². The van der Waals surface area contributed by atoms with Crippen LogP contribution in [-0.4, -0.2) is 10.2 Å². The molecule has 0 aliphatic heterocycles. The molecule has 3 nitrogen and oxygen atoms in total. The summed E-state index contributed by atoms with van der Waals surface area (Å²) in [5, 5.41) is 11.0. The van der Waals surface area contributed by atoms with Gasteiger partial charge in [-0.3, -0.25) is 5.10 Å². The zero-order valence-corrected chi connectivity index (χ0v) is 11.7. The highest BCUT2D eigenvalue weighted by molar-refractivity contribution is 5.90. The summed E-state index contributed by atoms with van der Waals surface area (Å²) in [5.41, 5.74) is 2.25. The van der Waals surface area contributed by atoms with E-state index in [0.717, 1.165) is 16.6 Å². The van der Waals surface area contributed by atoms with Crippen molar-refractivity contribution in [3.05, 3.63) is 59.3 Å². The average molecular weight is 287 g/mol. The quantitative estimate of drug-likeness (QED) is 0.753. The first-order chi connectivity index (χ1) is 10.1. The van der Waals surface area contributed by atoms with Crippen LogP contribution in [0.2, 0.25) is 0 Å². The van der Waals surface area contributed by atoms with Crippen molar-refractivity contribution in [3.8, 4) is 0 Å². The van der Waals surface area contributed by atoms with E-state index in [2.05, 4.69) is 15.5 Å². The van der Waals surface area contributed by atoms with Crippen LogP contribution in [0.25, 0.3) is 10.9 Å². The molecule has 2 N–H and O–H groups in total. The lowest BCUT2D eigenvalue weighted by atomic mass is 10.0. The van der Waals surface area contributed by atoms with E-state index >= 15 is 0 Å². The van der Waals surface area contributed by atoms with E-state index in [1.165, 1.54) is 12.1 Å². The molecular formula is C16H15F2N3. The first-order valence-electron chi connectivity index (χ1n) is 6.70. The summed E-state index contributed by atoms with van der Waals surface area (Å²) >= 11 is 0. The molecule has 0 saturated carbocycles. The number of hydrogen-bond acceptors (Lipinski definition) is 2. The van der Waals surface area contributed by atoms with Crippen molar-refractivity contribution < 1.29 is 8.78 Å². The Hall–Kier alpha value is -2.43. The summed E-state index contributed by atoms with van der Waals surface area (Å²) in [6, 6.07) is 7.79. The highest BCUT2D eigenvalue weighted by atomic mass is 19.1. The van der Waals surface area contributed by atoms with Gasteiger partial charge >= 0.3 is 0 Å². The van der Waals surface area contributed by atoms with Crippen molar-refractivity contribution in [3.63, 3.8) is 0 Å². The Morgan fingerprint density at radius 2 is 2.00 bits per heavy atom. The summed E-state index contributed by atoms with van der Waals surface area (Å²) in [6.07, 6.45) is 1.72. The van der Waals surface area contributed by atoms with Gasteiger partial charge in [0.15, 0.2) is 0 Å². The van der Waals surface area contributed by atoms with Gasteiger partial charge in [0.2, 0.25) is 0 Å².